The van der Waals surface area contributed by atoms with Crippen LogP contribution in [0, 0.1) is 17.3 Å². The van der Waals surface area contributed by atoms with Gasteiger partial charge in [-0.3, -0.25) is 9.11 Å². The van der Waals surface area contributed by atoms with Crippen molar-refractivity contribution in [2.45, 2.75) is 57.5 Å². The molecule has 156 valence electrons. The molecule has 0 bridgehead atoms. The Hall–Kier alpha value is -1.20. The van der Waals surface area contributed by atoms with Gasteiger partial charge >= 0.3 is 20.8 Å². The van der Waals surface area contributed by atoms with Crippen LogP contribution in [0.25, 0.3) is 0 Å². The third-order valence-corrected chi connectivity index (χ3v) is 7.93. The normalized spacial score (nSPS) is 35.0. The van der Waals surface area contributed by atoms with E-state index >= 15 is 0 Å². The Bertz CT molecular complexity index is 987. The van der Waals surface area contributed by atoms with E-state index < -0.39 is 26.9 Å². The number of hydrogen-bond acceptors (Lipinski definition) is 6. The molecule has 3 aliphatic rings. The molecule has 0 saturated heterocycles. The van der Waals surface area contributed by atoms with E-state index in [1.54, 1.807) is 12.1 Å². The summed E-state index contributed by atoms with van der Waals surface area (Å²) in [5, 5.41) is 0. The Labute approximate surface area is 165 Å². The molecule has 28 heavy (non-hydrogen) atoms. The van der Waals surface area contributed by atoms with E-state index in [0.717, 1.165) is 37.7 Å². The molecule has 10 heteroatoms. The summed E-state index contributed by atoms with van der Waals surface area (Å²) in [6.45, 7) is 2.06. The minimum atomic E-state index is -4.55. The number of benzene rings is 1. The Morgan fingerprint density at radius 3 is 2.54 bits per heavy atom. The zero-order valence-corrected chi connectivity index (χ0v) is 17.1. The lowest BCUT2D eigenvalue weighted by Gasteiger charge is -2.50. The lowest BCUT2D eigenvalue weighted by atomic mass is 9.55. The minimum Gasteiger partial charge on any atom is -0.362 e. The molecular formula is C18H24O8S2. The van der Waals surface area contributed by atoms with Gasteiger partial charge in [0.15, 0.2) is 0 Å². The van der Waals surface area contributed by atoms with E-state index in [4.69, 9.17) is 13.3 Å². The van der Waals surface area contributed by atoms with Crippen LogP contribution in [-0.2, 0) is 31.4 Å². The second-order valence-corrected chi connectivity index (χ2v) is 10.5. The van der Waals surface area contributed by atoms with Gasteiger partial charge in [0.25, 0.3) is 0 Å². The lowest BCUT2D eigenvalue weighted by Crippen LogP contribution is -2.45. The summed E-state index contributed by atoms with van der Waals surface area (Å²) < 4.78 is 72.0. The first kappa shape index (κ1) is 20.1. The highest BCUT2D eigenvalue weighted by molar-refractivity contribution is 7.81. The van der Waals surface area contributed by atoms with Gasteiger partial charge in [0.1, 0.15) is 5.75 Å². The molecular weight excluding hydrogens is 410 g/mol. The molecule has 0 heterocycles. The second kappa shape index (κ2) is 6.66. The van der Waals surface area contributed by atoms with Gasteiger partial charge in [0.2, 0.25) is 0 Å². The molecule has 0 amide bonds. The van der Waals surface area contributed by atoms with E-state index in [0.29, 0.717) is 24.2 Å². The Kier molecular flexibility index (Phi) is 4.78. The van der Waals surface area contributed by atoms with Gasteiger partial charge in [-0.2, -0.15) is 16.8 Å². The standard InChI is InChI=1S/C18H24O8S2/c1-18-9-8-14-13-5-3-12(25-27(19,20)21)10-11(13)2-4-15(14)16(18)6-7-17(18)26-28(22,23)24/h3,5,10,14-17H,2,4,6-9H2,1H3,(H,19,20,21)(H,22,23,24)/t14-,15-,16+,17+,18+/m1/s1/i12+2. The van der Waals surface area contributed by atoms with E-state index in [1.165, 1.54) is 5.56 Å². The van der Waals surface area contributed by atoms with Crippen molar-refractivity contribution < 1.29 is 34.3 Å². The average molecular weight is 435 g/mol. The third-order valence-electron chi connectivity index (χ3n) is 7.05. The lowest BCUT2D eigenvalue weighted by molar-refractivity contribution is -0.0121. The van der Waals surface area contributed by atoms with Gasteiger partial charge in [-0.15, -0.1) is 0 Å². The topological polar surface area (TPSA) is 127 Å². The highest BCUT2D eigenvalue weighted by Crippen LogP contribution is 2.61. The zero-order valence-electron chi connectivity index (χ0n) is 15.4. The van der Waals surface area contributed by atoms with Crippen molar-refractivity contribution in [1.29, 1.82) is 0 Å². The second-order valence-electron chi connectivity index (χ2n) is 8.42. The fourth-order valence-electron chi connectivity index (χ4n) is 5.99. The van der Waals surface area contributed by atoms with Gasteiger partial charge in [0.05, 0.1) is 6.10 Å². The molecule has 0 aliphatic heterocycles. The summed E-state index contributed by atoms with van der Waals surface area (Å²) >= 11 is 0. The predicted octanol–water partition coefficient (Wildman–Crippen LogP) is 2.91. The number of fused-ring (bicyclic) bond motifs is 5. The molecule has 3 aliphatic carbocycles. The van der Waals surface area contributed by atoms with E-state index in [2.05, 4.69) is 11.1 Å². The zero-order chi connectivity index (χ0) is 20.3. The minimum absolute atomic E-state index is 0.0998. The van der Waals surface area contributed by atoms with E-state index in [1.807, 2.05) is 6.07 Å². The van der Waals surface area contributed by atoms with Gasteiger partial charge in [0, 0.05) is 0 Å². The molecule has 8 nitrogen and oxygen atoms in total. The van der Waals surface area contributed by atoms with Crippen LogP contribution < -0.4 is 4.18 Å². The quantitative estimate of drug-likeness (QED) is 0.693. The van der Waals surface area contributed by atoms with Crippen LogP contribution in [-0.4, -0.2) is 32.0 Å². The molecule has 2 saturated carbocycles. The highest BCUT2D eigenvalue weighted by Gasteiger charge is 2.56. The van der Waals surface area contributed by atoms with Crippen LogP contribution in [0.2, 0.25) is 0 Å². The van der Waals surface area contributed by atoms with Crippen molar-refractivity contribution in [3.05, 3.63) is 29.3 Å². The SMILES string of the molecule is C[C@]12CC[C@@H]3c4cc[14c](OS(=O)(=O)O)cc4CC[C@H]3[C@@H]1CC[C@@H]2OS(=O)(=O)O. The molecule has 2 N–H and O–H groups in total. The first-order chi connectivity index (χ1) is 13.0. The molecule has 1 aromatic rings. The van der Waals surface area contributed by atoms with Crippen LogP contribution in [0.1, 0.15) is 56.1 Å². The largest absolute Gasteiger partial charge is 0.446 e. The summed E-state index contributed by atoms with van der Waals surface area (Å²) in [5.74, 6) is 1.10. The Morgan fingerprint density at radius 1 is 1.11 bits per heavy atom. The maximum atomic E-state index is 11.2. The summed E-state index contributed by atoms with van der Waals surface area (Å²) in [7, 11) is -9.03. The van der Waals surface area contributed by atoms with Crippen molar-refractivity contribution >= 4 is 20.8 Å². The van der Waals surface area contributed by atoms with Crippen LogP contribution in [0.5, 0.6) is 5.75 Å². The average Bonchev–Trinajstić information content (AvgIpc) is 2.88. The van der Waals surface area contributed by atoms with Gasteiger partial charge < -0.3 is 4.18 Å². The molecule has 1 aromatic carbocycles. The van der Waals surface area contributed by atoms with Crippen molar-refractivity contribution in [2.24, 2.45) is 17.3 Å². The fraction of sp³-hybridized carbons (Fsp3) is 0.667. The number of aryl methyl sites for hydroxylation is 1. The highest BCUT2D eigenvalue weighted by atomic mass is 32.3. The Morgan fingerprint density at radius 2 is 1.86 bits per heavy atom. The van der Waals surface area contributed by atoms with Crippen molar-refractivity contribution in [3.63, 3.8) is 0 Å². The van der Waals surface area contributed by atoms with Crippen LogP contribution in [0.15, 0.2) is 18.2 Å². The van der Waals surface area contributed by atoms with Crippen LogP contribution in [0.4, 0.5) is 0 Å². The molecule has 5 atom stereocenters. The number of rotatable bonds is 4. The van der Waals surface area contributed by atoms with Gasteiger partial charge in [-0.1, -0.05) is 13.0 Å². The molecule has 4 rings (SSSR count). The van der Waals surface area contributed by atoms with Crippen LogP contribution in [0.3, 0.4) is 0 Å². The summed E-state index contributed by atoms with van der Waals surface area (Å²) in [6.07, 6.45) is 4.30. The predicted molar refractivity (Wildman–Crippen MR) is 99.7 cm³/mol. The van der Waals surface area contributed by atoms with Crippen molar-refractivity contribution in [1.82, 2.24) is 0 Å². The van der Waals surface area contributed by atoms with Gasteiger partial charge in [-0.05, 0) is 85.0 Å². The van der Waals surface area contributed by atoms with Crippen LogP contribution >= 0.6 is 0 Å². The first-order valence-electron chi connectivity index (χ1n) is 9.42. The van der Waals surface area contributed by atoms with Crippen molar-refractivity contribution in [3.8, 4) is 5.75 Å². The third kappa shape index (κ3) is 3.68. The summed E-state index contributed by atoms with van der Waals surface area (Å²) in [5.41, 5.74) is 1.90. The molecule has 0 unspecified atom stereocenters. The molecule has 0 spiro atoms. The summed E-state index contributed by atoms with van der Waals surface area (Å²) in [6, 6.07) is 5.10. The molecule has 0 radical (unpaired) electrons. The van der Waals surface area contributed by atoms with E-state index in [9.17, 15) is 16.8 Å². The summed E-state index contributed by atoms with van der Waals surface area (Å²) in [4.78, 5) is 0. The van der Waals surface area contributed by atoms with Crippen molar-refractivity contribution in [2.75, 3.05) is 0 Å². The number of hydrogen-bond donors (Lipinski definition) is 2. The fourth-order valence-corrected chi connectivity index (χ4v) is 6.95. The monoisotopic (exact) mass is 434 g/mol. The maximum absolute atomic E-state index is 11.2. The van der Waals surface area contributed by atoms with Gasteiger partial charge in [-0.25, -0.2) is 4.18 Å². The Balaban J connectivity index is 1.59. The smallest absolute Gasteiger partial charge is 0.362 e. The first-order valence-corrected chi connectivity index (χ1v) is 12.1. The molecule has 0 aromatic heterocycles. The van der Waals surface area contributed by atoms with E-state index in [-0.39, 0.29) is 11.2 Å². The maximum Gasteiger partial charge on any atom is 0.446 e. The molecule has 2 fully saturated rings.